The molecule has 4 atom stereocenters. The van der Waals surface area contributed by atoms with Gasteiger partial charge in [-0.2, -0.15) is 0 Å². The second-order valence-electron chi connectivity index (χ2n) is 6.06. The number of aliphatic hydroxyl groups is 1. The number of nitrogens with zero attached hydrogens (tertiary/aromatic N) is 1. The van der Waals surface area contributed by atoms with Crippen molar-refractivity contribution in [3.63, 3.8) is 0 Å². The molecule has 0 aromatic carbocycles. The molecule has 1 saturated heterocycles. The lowest BCUT2D eigenvalue weighted by atomic mass is 9.88. The van der Waals surface area contributed by atoms with Gasteiger partial charge >= 0.3 is 0 Å². The van der Waals surface area contributed by atoms with Crippen LogP contribution in [-0.2, 0) is 4.79 Å². The van der Waals surface area contributed by atoms with Crippen LogP contribution in [0.4, 0.5) is 0 Å². The third-order valence-electron chi connectivity index (χ3n) is 4.46. The average molecular weight is 254 g/mol. The van der Waals surface area contributed by atoms with E-state index >= 15 is 0 Å². The van der Waals surface area contributed by atoms with Crippen LogP contribution in [0.15, 0.2) is 0 Å². The molecule has 2 rings (SSSR count). The largest absolute Gasteiger partial charge is 0.391 e. The van der Waals surface area contributed by atoms with Gasteiger partial charge in [-0.15, -0.1) is 0 Å². The lowest BCUT2D eigenvalue weighted by Crippen LogP contribution is -2.51. The summed E-state index contributed by atoms with van der Waals surface area (Å²) in [5.74, 6) is 0.866. The van der Waals surface area contributed by atoms with Gasteiger partial charge < -0.3 is 15.3 Å². The fraction of sp³-hybridized carbons (Fsp3) is 0.929. The molecule has 0 bridgehead atoms. The fourth-order valence-electron chi connectivity index (χ4n) is 3.34. The van der Waals surface area contributed by atoms with Gasteiger partial charge in [0.05, 0.1) is 18.1 Å². The maximum Gasteiger partial charge on any atom is 0.227 e. The van der Waals surface area contributed by atoms with Gasteiger partial charge in [0.1, 0.15) is 0 Å². The van der Waals surface area contributed by atoms with Gasteiger partial charge in [-0.05, 0) is 31.7 Å². The molecule has 0 aromatic heterocycles. The molecule has 4 heteroatoms. The molecule has 2 fully saturated rings. The number of carbonyl (C=O) groups is 1. The Morgan fingerprint density at radius 2 is 2.00 bits per heavy atom. The second kappa shape index (κ2) is 6.02. The van der Waals surface area contributed by atoms with Crippen LogP contribution in [0.1, 0.15) is 39.0 Å². The molecule has 2 aliphatic rings. The highest BCUT2D eigenvalue weighted by Gasteiger charge is 2.34. The van der Waals surface area contributed by atoms with Crippen LogP contribution in [0, 0.1) is 11.8 Å². The molecular formula is C14H26N2O2. The van der Waals surface area contributed by atoms with Crippen LogP contribution >= 0.6 is 0 Å². The first kappa shape index (κ1) is 13.8. The Morgan fingerprint density at radius 3 is 2.67 bits per heavy atom. The molecule has 1 aliphatic carbocycles. The van der Waals surface area contributed by atoms with Crippen LogP contribution in [0.25, 0.3) is 0 Å². The molecule has 4 unspecified atom stereocenters. The number of likely N-dealkylation sites (N-methyl/N-ethyl adjacent to an activating group) is 1. The van der Waals surface area contributed by atoms with Crippen molar-refractivity contribution in [3.05, 3.63) is 0 Å². The summed E-state index contributed by atoms with van der Waals surface area (Å²) < 4.78 is 0. The standard InChI is InChI=1S/C14H26N2O2/c1-10-7-11(9-15-8-10)14(18)16(2)12-5-3-4-6-13(12)17/h10-13,15,17H,3-9H2,1-2H3. The summed E-state index contributed by atoms with van der Waals surface area (Å²) in [5, 5.41) is 13.4. The van der Waals surface area contributed by atoms with Gasteiger partial charge in [0.15, 0.2) is 0 Å². The first-order chi connectivity index (χ1) is 8.59. The SMILES string of the molecule is CC1CNCC(C(=O)N(C)C2CCCCC2O)C1. The zero-order valence-corrected chi connectivity index (χ0v) is 11.6. The number of piperidine rings is 1. The molecule has 0 spiro atoms. The Morgan fingerprint density at radius 1 is 1.28 bits per heavy atom. The first-order valence-electron chi connectivity index (χ1n) is 7.25. The number of hydrogen-bond donors (Lipinski definition) is 2. The van der Waals surface area contributed by atoms with Crippen molar-refractivity contribution < 1.29 is 9.90 Å². The van der Waals surface area contributed by atoms with Crippen LogP contribution in [0.3, 0.4) is 0 Å². The molecule has 0 aromatic rings. The lowest BCUT2D eigenvalue weighted by molar-refractivity contribution is -0.140. The van der Waals surface area contributed by atoms with E-state index < -0.39 is 0 Å². The minimum absolute atomic E-state index is 0.0310. The summed E-state index contributed by atoms with van der Waals surface area (Å²) in [6.45, 7) is 3.98. The van der Waals surface area contributed by atoms with E-state index in [-0.39, 0.29) is 24.0 Å². The summed E-state index contributed by atoms with van der Waals surface area (Å²) in [6, 6.07) is 0.0310. The molecule has 4 nitrogen and oxygen atoms in total. The monoisotopic (exact) mass is 254 g/mol. The highest BCUT2D eigenvalue weighted by atomic mass is 16.3. The Kier molecular flexibility index (Phi) is 4.62. The van der Waals surface area contributed by atoms with Crippen molar-refractivity contribution in [1.82, 2.24) is 10.2 Å². The highest BCUT2D eigenvalue weighted by Crippen LogP contribution is 2.25. The Labute approximate surface area is 110 Å². The Balaban J connectivity index is 1.94. The van der Waals surface area contributed by atoms with E-state index in [9.17, 15) is 9.90 Å². The third kappa shape index (κ3) is 3.04. The summed E-state index contributed by atoms with van der Waals surface area (Å²) in [4.78, 5) is 14.3. The molecule has 1 amide bonds. The Bertz CT molecular complexity index is 296. The van der Waals surface area contributed by atoms with E-state index in [2.05, 4.69) is 12.2 Å². The first-order valence-corrected chi connectivity index (χ1v) is 7.25. The predicted octanol–water partition coefficient (Wildman–Crippen LogP) is 0.994. The van der Waals surface area contributed by atoms with Gasteiger partial charge in [0, 0.05) is 13.6 Å². The van der Waals surface area contributed by atoms with Crippen molar-refractivity contribution >= 4 is 5.91 Å². The summed E-state index contributed by atoms with van der Waals surface area (Å²) in [7, 11) is 1.86. The predicted molar refractivity (Wildman–Crippen MR) is 71.2 cm³/mol. The summed E-state index contributed by atoms with van der Waals surface area (Å²) >= 11 is 0. The maximum absolute atomic E-state index is 12.5. The molecule has 2 N–H and O–H groups in total. The zero-order valence-electron chi connectivity index (χ0n) is 11.6. The Hall–Kier alpha value is -0.610. The van der Waals surface area contributed by atoms with E-state index in [1.807, 2.05) is 11.9 Å². The topological polar surface area (TPSA) is 52.6 Å². The van der Waals surface area contributed by atoms with Crippen LogP contribution in [0.5, 0.6) is 0 Å². The van der Waals surface area contributed by atoms with E-state index in [0.29, 0.717) is 5.92 Å². The van der Waals surface area contributed by atoms with Gasteiger partial charge in [-0.25, -0.2) is 0 Å². The number of aliphatic hydroxyl groups excluding tert-OH is 1. The number of carbonyl (C=O) groups excluding carboxylic acids is 1. The van der Waals surface area contributed by atoms with E-state index in [4.69, 9.17) is 0 Å². The average Bonchev–Trinajstić information content (AvgIpc) is 2.37. The molecule has 0 radical (unpaired) electrons. The fourth-order valence-corrected chi connectivity index (χ4v) is 3.34. The van der Waals surface area contributed by atoms with Crippen molar-refractivity contribution in [3.8, 4) is 0 Å². The van der Waals surface area contributed by atoms with E-state index in [0.717, 1.165) is 45.2 Å². The minimum Gasteiger partial charge on any atom is -0.391 e. The van der Waals surface area contributed by atoms with Crippen LogP contribution in [0.2, 0.25) is 0 Å². The summed E-state index contributed by atoms with van der Waals surface area (Å²) in [5.41, 5.74) is 0. The third-order valence-corrected chi connectivity index (χ3v) is 4.46. The number of nitrogens with one attached hydrogen (secondary N) is 1. The minimum atomic E-state index is -0.332. The van der Waals surface area contributed by atoms with Gasteiger partial charge in [-0.3, -0.25) is 4.79 Å². The van der Waals surface area contributed by atoms with Gasteiger partial charge in [0.2, 0.25) is 5.91 Å². The number of amides is 1. The number of rotatable bonds is 2. The molecule has 18 heavy (non-hydrogen) atoms. The number of hydrogen-bond acceptors (Lipinski definition) is 3. The van der Waals surface area contributed by atoms with Crippen LogP contribution < -0.4 is 5.32 Å². The van der Waals surface area contributed by atoms with Gasteiger partial charge in [0.25, 0.3) is 0 Å². The molecule has 1 heterocycles. The smallest absolute Gasteiger partial charge is 0.227 e. The highest BCUT2D eigenvalue weighted by molar-refractivity contribution is 5.79. The van der Waals surface area contributed by atoms with Gasteiger partial charge in [-0.1, -0.05) is 19.8 Å². The molecule has 104 valence electrons. The van der Waals surface area contributed by atoms with Crippen molar-refractivity contribution in [2.45, 2.75) is 51.2 Å². The zero-order chi connectivity index (χ0) is 13.1. The second-order valence-corrected chi connectivity index (χ2v) is 6.06. The van der Waals surface area contributed by atoms with Crippen molar-refractivity contribution in [2.24, 2.45) is 11.8 Å². The quantitative estimate of drug-likeness (QED) is 0.773. The van der Waals surface area contributed by atoms with Crippen molar-refractivity contribution in [2.75, 3.05) is 20.1 Å². The summed E-state index contributed by atoms with van der Waals surface area (Å²) in [6.07, 6.45) is 4.63. The molecule has 1 aliphatic heterocycles. The van der Waals surface area contributed by atoms with Crippen LogP contribution in [-0.4, -0.2) is 48.2 Å². The normalized spacial score (nSPS) is 37.3. The van der Waals surface area contributed by atoms with Crippen molar-refractivity contribution in [1.29, 1.82) is 0 Å². The lowest BCUT2D eigenvalue weighted by Gasteiger charge is -2.38. The van der Waals surface area contributed by atoms with E-state index in [1.54, 1.807) is 0 Å². The maximum atomic E-state index is 12.5. The molecular weight excluding hydrogens is 228 g/mol. The van der Waals surface area contributed by atoms with E-state index in [1.165, 1.54) is 0 Å². The molecule has 1 saturated carbocycles.